The molecule has 3 rings (SSSR count). The average Bonchev–Trinajstić information content (AvgIpc) is 3.26. The van der Waals surface area contributed by atoms with Crippen LogP contribution in [0.25, 0.3) is 0 Å². The van der Waals surface area contributed by atoms with E-state index in [-0.39, 0.29) is 10.2 Å². The molecule has 1 fully saturated rings. The first-order valence-electron chi connectivity index (χ1n) is 8.49. The second kappa shape index (κ2) is 6.85. The van der Waals surface area contributed by atoms with Gasteiger partial charge in [-0.1, -0.05) is 32.1 Å². The highest BCUT2D eigenvalue weighted by molar-refractivity contribution is 7.09. The van der Waals surface area contributed by atoms with E-state index in [4.69, 9.17) is 0 Å². The minimum atomic E-state index is -4.67. The molecule has 0 aliphatic heterocycles. The van der Waals surface area contributed by atoms with E-state index in [2.05, 4.69) is 10.1 Å². The minimum absolute atomic E-state index is 0.270. The van der Waals surface area contributed by atoms with Gasteiger partial charge >= 0.3 is 6.18 Å². The number of halogens is 4. The summed E-state index contributed by atoms with van der Waals surface area (Å²) in [4.78, 5) is 16.6. The van der Waals surface area contributed by atoms with Crippen molar-refractivity contribution in [2.75, 3.05) is 0 Å². The number of carbonyl (C=O) groups excluding carboxylic acids is 1. The molecule has 1 amide bonds. The van der Waals surface area contributed by atoms with Gasteiger partial charge in [-0.25, -0.2) is 9.07 Å². The van der Waals surface area contributed by atoms with E-state index in [0.717, 1.165) is 17.8 Å². The number of benzene rings is 1. The van der Waals surface area contributed by atoms with E-state index in [1.165, 1.54) is 11.3 Å². The van der Waals surface area contributed by atoms with Crippen molar-refractivity contribution in [3.8, 4) is 0 Å². The quantitative estimate of drug-likeness (QED) is 0.709. The number of hydrogen-bond donors (Lipinski definition) is 0. The highest BCUT2D eigenvalue weighted by Gasteiger charge is 2.32. The van der Waals surface area contributed by atoms with E-state index < -0.39 is 29.0 Å². The van der Waals surface area contributed by atoms with Gasteiger partial charge in [0.25, 0.3) is 5.91 Å². The predicted molar refractivity (Wildman–Crippen MR) is 92.8 cm³/mol. The van der Waals surface area contributed by atoms with Gasteiger partial charge in [0.2, 0.25) is 4.80 Å². The monoisotopic (exact) mass is 401 g/mol. The first-order valence-corrected chi connectivity index (χ1v) is 9.31. The molecule has 1 aromatic heterocycles. The van der Waals surface area contributed by atoms with Crippen molar-refractivity contribution < 1.29 is 22.4 Å². The van der Waals surface area contributed by atoms with Crippen LogP contribution in [-0.2, 0) is 18.1 Å². The van der Waals surface area contributed by atoms with Crippen LogP contribution in [0.1, 0.15) is 54.5 Å². The normalized spacial score (nSPS) is 16.0. The highest BCUT2D eigenvalue weighted by Crippen LogP contribution is 2.31. The van der Waals surface area contributed by atoms with Crippen LogP contribution in [0.15, 0.2) is 23.2 Å². The highest BCUT2D eigenvalue weighted by atomic mass is 32.1. The maximum absolute atomic E-state index is 14.0. The third-order valence-corrected chi connectivity index (χ3v) is 5.48. The number of carbonyl (C=O) groups is 1. The van der Waals surface area contributed by atoms with Crippen LogP contribution in [0.5, 0.6) is 0 Å². The second-order valence-electron chi connectivity index (χ2n) is 7.67. The van der Waals surface area contributed by atoms with Gasteiger partial charge in [-0.15, -0.1) is 0 Å². The molecule has 0 spiro atoms. The Kier molecular flexibility index (Phi) is 5.00. The van der Waals surface area contributed by atoms with Crippen molar-refractivity contribution >= 4 is 17.2 Å². The van der Waals surface area contributed by atoms with Crippen LogP contribution < -0.4 is 4.80 Å². The molecule has 2 aromatic rings. The number of aromatic nitrogens is 2. The number of rotatable bonds is 3. The molecule has 1 aliphatic rings. The molecule has 1 heterocycles. The summed E-state index contributed by atoms with van der Waals surface area (Å²) in [5.74, 6) is -1.63. The third-order valence-electron chi connectivity index (χ3n) is 4.11. The Bertz CT molecular complexity index is 933. The molecule has 0 bridgehead atoms. The fourth-order valence-electron chi connectivity index (χ4n) is 2.37. The van der Waals surface area contributed by atoms with Gasteiger partial charge in [0.1, 0.15) is 10.8 Å². The lowest BCUT2D eigenvalue weighted by atomic mass is 9.98. The van der Waals surface area contributed by atoms with Gasteiger partial charge in [0.05, 0.1) is 11.1 Å². The molecule has 0 saturated heterocycles. The Hall–Kier alpha value is -2.03. The number of nitrogens with zero attached hydrogens (tertiary/aromatic N) is 3. The Balaban J connectivity index is 2.03. The van der Waals surface area contributed by atoms with Crippen molar-refractivity contribution in [3.63, 3.8) is 0 Å². The van der Waals surface area contributed by atoms with Crippen molar-refractivity contribution in [2.24, 2.45) is 10.9 Å². The number of hydrogen-bond acceptors (Lipinski definition) is 3. The van der Waals surface area contributed by atoms with Crippen molar-refractivity contribution in [2.45, 2.75) is 51.7 Å². The molecule has 0 N–H and O–H groups in total. The summed E-state index contributed by atoms with van der Waals surface area (Å²) in [5, 5.41) is 5.25. The summed E-state index contributed by atoms with van der Waals surface area (Å²) < 4.78 is 54.1. The second-order valence-corrected chi connectivity index (χ2v) is 8.63. The lowest BCUT2D eigenvalue weighted by Gasteiger charge is -2.12. The standard InChI is InChI=1S/C18H19F4N3OS/c1-17(2,3)15-24-25(9-10-4-5-10)16(27-15)23-14(26)12-8-11(18(20,21)22)6-7-13(12)19/h6-8,10H,4-5,9H2,1-3H3/b23-16-. The molecule has 0 atom stereocenters. The molecular weight excluding hydrogens is 382 g/mol. The first-order chi connectivity index (χ1) is 12.4. The van der Waals surface area contributed by atoms with E-state index in [0.29, 0.717) is 30.7 Å². The maximum atomic E-state index is 14.0. The van der Waals surface area contributed by atoms with Crippen LogP contribution in [0.4, 0.5) is 17.6 Å². The molecular formula is C18H19F4N3OS. The molecule has 0 radical (unpaired) electrons. The van der Waals surface area contributed by atoms with Crippen LogP contribution in [0, 0.1) is 11.7 Å². The average molecular weight is 401 g/mol. The van der Waals surface area contributed by atoms with E-state index in [1.807, 2.05) is 20.8 Å². The summed E-state index contributed by atoms with van der Waals surface area (Å²) in [7, 11) is 0. The molecule has 9 heteroatoms. The lowest BCUT2D eigenvalue weighted by Crippen LogP contribution is -2.20. The summed E-state index contributed by atoms with van der Waals surface area (Å²) in [5.41, 5.74) is -2.06. The van der Waals surface area contributed by atoms with E-state index in [1.54, 1.807) is 4.68 Å². The predicted octanol–water partition coefficient (Wildman–Crippen LogP) is 4.55. The fraction of sp³-hybridized carbons (Fsp3) is 0.500. The largest absolute Gasteiger partial charge is 0.416 e. The fourth-order valence-corrected chi connectivity index (χ4v) is 3.34. The molecule has 146 valence electrons. The topological polar surface area (TPSA) is 47.2 Å². The van der Waals surface area contributed by atoms with Gasteiger partial charge in [0, 0.05) is 12.0 Å². The Labute approximate surface area is 157 Å². The first kappa shape index (κ1) is 19.7. The zero-order chi connectivity index (χ0) is 20.0. The van der Waals surface area contributed by atoms with Crippen molar-refractivity contribution in [1.29, 1.82) is 0 Å². The minimum Gasteiger partial charge on any atom is -0.267 e. The molecule has 1 saturated carbocycles. The van der Waals surface area contributed by atoms with Crippen LogP contribution in [-0.4, -0.2) is 15.7 Å². The van der Waals surface area contributed by atoms with Gasteiger partial charge in [-0.05, 0) is 37.0 Å². The zero-order valence-electron chi connectivity index (χ0n) is 15.1. The van der Waals surface area contributed by atoms with Crippen molar-refractivity contribution in [3.05, 3.63) is 45.0 Å². The van der Waals surface area contributed by atoms with Crippen molar-refractivity contribution in [1.82, 2.24) is 9.78 Å². The maximum Gasteiger partial charge on any atom is 0.416 e. The Morgan fingerprint density at radius 3 is 2.52 bits per heavy atom. The number of amides is 1. The van der Waals surface area contributed by atoms with Gasteiger partial charge < -0.3 is 0 Å². The van der Waals surface area contributed by atoms with E-state index in [9.17, 15) is 22.4 Å². The summed E-state index contributed by atoms with van der Waals surface area (Å²) in [6, 6.07) is 1.74. The van der Waals surface area contributed by atoms with Gasteiger partial charge in [-0.2, -0.15) is 23.3 Å². The van der Waals surface area contributed by atoms with Crippen LogP contribution in [0.2, 0.25) is 0 Å². The SMILES string of the molecule is CC(C)(C)c1nn(CC2CC2)/c(=N/C(=O)c2cc(C(F)(F)F)ccc2F)s1. The summed E-state index contributed by atoms with van der Waals surface area (Å²) in [6.45, 7) is 6.48. The third kappa shape index (κ3) is 4.63. The van der Waals surface area contributed by atoms with Gasteiger partial charge in [0.15, 0.2) is 0 Å². The van der Waals surface area contributed by atoms with Crippen LogP contribution in [0.3, 0.4) is 0 Å². The smallest absolute Gasteiger partial charge is 0.267 e. The van der Waals surface area contributed by atoms with Crippen LogP contribution >= 0.6 is 11.3 Å². The Morgan fingerprint density at radius 1 is 1.30 bits per heavy atom. The molecule has 0 unspecified atom stereocenters. The molecule has 1 aromatic carbocycles. The molecule has 1 aliphatic carbocycles. The lowest BCUT2D eigenvalue weighted by molar-refractivity contribution is -0.137. The molecule has 4 nitrogen and oxygen atoms in total. The van der Waals surface area contributed by atoms with Gasteiger partial charge in [-0.3, -0.25) is 4.79 Å². The number of alkyl halides is 3. The summed E-state index contributed by atoms with van der Waals surface area (Å²) >= 11 is 1.19. The summed E-state index contributed by atoms with van der Waals surface area (Å²) in [6.07, 6.45) is -2.55. The zero-order valence-corrected chi connectivity index (χ0v) is 15.9. The van der Waals surface area contributed by atoms with E-state index >= 15 is 0 Å². The Morgan fingerprint density at radius 2 is 1.96 bits per heavy atom. The molecule has 27 heavy (non-hydrogen) atoms.